The van der Waals surface area contributed by atoms with E-state index in [2.05, 4.69) is 10.1 Å². The quantitative estimate of drug-likeness (QED) is 0.635. The number of thiophene rings is 1. The van der Waals surface area contributed by atoms with E-state index in [-0.39, 0.29) is 25.9 Å². The van der Waals surface area contributed by atoms with Crippen LogP contribution in [0.1, 0.15) is 9.67 Å². The molecule has 0 fully saturated rings. The maximum absolute atomic E-state index is 12.6. The molecule has 0 aliphatic carbocycles. The van der Waals surface area contributed by atoms with Crippen LogP contribution in [-0.4, -0.2) is 20.9 Å². The Hall–Kier alpha value is -2.27. The van der Waals surface area contributed by atoms with Crippen LogP contribution < -0.4 is 15.2 Å². The molecule has 2 aromatic carbocycles. The summed E-state index contributed by atoms with van der Waals surface area (Å²) < 4.78 is 52.6. The van der Waals surface area contributed by atoms with Crippen LogP contribution in [0.4, 0.5) is 14.5 Å². The van der Waals surface area contributed by atoms with Crippen LogP contribution in [-0.2, 0) is 10.0 Å². The van der Waals surface area contributed by atoms with E-state index in [4.69, 9.17) is 16.7 Å². The fraction of sp³-hybridized carbons (Fsp3) is 0.0625. The second kappa shape index (κ2) is 7.39. The number of rotatable bonds is 5. The van der Waals surface area contributed by atoms with Gasteiger partial charge in [0.15, 0.2) is 0 Å². The SMILES string of the molecule is NS(=O)(=O)c1ccc(NC(=O)c2sc3cccc(OC(F)F)c3c2Cl)cc1. The van der Waals surface area contributed by atoms with Gasteiger partial charge in [0.1, 0.15) is 10.6 Å². The van der Waals surface area contributed by atoms with Gasteiger partial charge in [-0.15, -0.1) is 11.3 Å². The summed E-state index contributed by atoms with van der Waals surface area (Å²) in [6.45, 7) is -3.03. The van der Waals surface area contributed by atoms with Crippen molar-refractivity contribution in [2.75, 3.05) is 5.32 Å². The van der Waals surface area contributed by atoms with Crippen LogP contribution >= 0.6 is 22.9 Å². The molecule has 0 radical (unpaired) electrons. The average Bonchev–Trinajstić information content (AvgIpc) is 2.92. The van der Waals surface area contributed by atoms with Crippen molar-refractivity contribution in [2.24, 2.45) is 5.14 Å². The summed E-state index contributed by atoms with van der Waals surface area (Å²) in [4.78, 5) is 12.5. The average molecular weight is 433 g/mol. The minimum Gasteiger partial charge on any atom is -0.434 e. The normalized spacial score (nSPS) is 11.7. The lowest BCUT2D eigenvalue weighted by Gasteiger charge is -2.06. The molecule has 0 bridgehead atoms. The van der Waals surface area contributed by atoms with Gasteiger partial charge in [0.2, 0.25) is 10.0 Å². The number of hydrogen-bond donors (Lipinski definition) is 2. The number of fused-ring (bicyclic) bond motifs is 1. The Balaban J connectivity index is 1.91. The highest BCUT2D eigenvalue weighted by molar-refractivity contribution is 7.89. The first kappa shape index (κ1) is 19.5. The van der Waals surface area contributed by atoms with Crippen molar-refractivity contribution in [3.63, 3.8) is 0 Å². The molecule has 0 aliphatic rings. The standard InChI is InChI=1S/C16H11ClF2N2O4S2/c17-13-12-10(25-16(18)19)2-1-3-11(12)26-14(13)15(22)21-8-4-6-9(7-5-8)27(20,23)24/h1-7,16H,(H,21,22)(H2,20,23,24). The van der Waals surface area contributed by atoms with Crippen LogP contribution in [0.15, 0.2) is 47.4 Å². The van der Waals surface area contributed by atoms with E-state index in [1.54, 1.807) is 6.07 Å². The Morgan fingerprint density at radius 1 is 1.19 bits per heavy atom. The van der Waals surface area contributed by atoms with E-state index in [9.17, 15) is 22.0 Å². The topological polar surface area (TPSA) is 98.5 Å². The summed E-state index contributed by atoms with van der Waals surface area (Å²) in [6.07, 6.45) is 0. The molecule has 3 rings (SSSR count). The number of nitrogens with two attached hydrogens (primary N) is 1. The summed E-state index contributed by atoms with van der Waals surface area (Å²) >= 11 is 7.24. The second-order valence-electron chi connectivity index (χ2n) is 5.28. The molecule has 3 N–H and O–H groups in total. The van der Waals surface area contributed by atoms with Crippen molar-refractivity contribution in [3.05, 3.63) is 52.4 Å². The first-order chi connectivity index (χ1) is 12.7. The van der Waals surface area contributed by atoms with Crippen molar-refractivity contribution in [1.29, 1.82) is 0 Å². The Kier molecular flexibility index (Phi) is 5.33. The molecule has 0 spiro atoms. The highest BCUT2D eigenvalue weighted by Gasteiger charge is 2.21. The number of primary sulfonamides is 1. The summed E-state index contributed by atoms with van der Waals surface area (Å²) in [5, 5.41) is 7.79. The predicted molar refractivity (Wildman–Crippen MR) is 99.2 cm³/mol. The first-order valence-corrected chi connectivity index (χ1v) is 10.0. The van der Waals surface area contributed by atoms with Crippen molar-refractivity contribution in [2.45, 2.75) is 11.5 Å². The molecular formula is C16H11ClF2N2O4S2. The van der Waals surface area contributed by atoms with Crippen molar-refractivity contribution in [3.8, 4) is 5.75 Å². The van der Waals surface area contributed by atoms with Crippen LogP contribution in [0.5, 0.6) is 5.75 Å². The molecule has 0 unspecified atom stereocenters. The number of carbonyl (C=O) groups excluding carboxylic acids is 1. The van der Waals surface area contributed by atoms with Crippen molar-refractivity contribution in [1.82, 2.24) is 0 Å². The molecule has 6 nitrogen and oxygen atoms in total. The maximum Gasteiger partial charge on any atom is 0.387 e. The van der Waals surface area contributed by atoms with E-state index in [1.165, 1.54) is 36.4 Å². The summed E-state index contributed by atoms with van der Waals surface area (Å²) in [7, 11) is -3.85. The summed E-state index contributed by atoms with van der Waals surface area (Å²) in [6, 6.07) is 9.69. The highest BCUT2D eigenvalue weighted by atomic mass is 35.5. The third kappa shape index (κ3) is 4.19. The number of nitrogens with one attached hydrogen (secondary N) is 1. The van der Waals surface area contributed by atoms with Gasteiger partial charge in [-0.2, -0.15) is 8.78 Å². The third-order valence-electron chi connectivity index (χ3n) is 3.48. The van der Waals surface area contributed by atoms with Crippen LogP contribution in [0, 0.1) is 0 Å². The smallest absolute Gasteiger partial charge is 0.387 e. The number of amides is 1. The molecule has 1 heterocycles. The summed E-state index contributed by atoms with van der Waals surface area (Å²) in [5.41, 5.74) is 0.310. The number of halogens is 3. The number of alkyl halides is 2. The first-order valence-electron chi connectivity index (χ1n) is 7.27. The molecule has 0 saturated carbocycles. The fourth-order valence-corrected chi connectivity index (χ4v) is 4.31. The van der Waals surface area contributed by atoms with Gasteiger partial charge in [-0.05, 0) is 36.4 Å². The van der Waals surface area contributed by atoms with Gasteiger partial charge in [-0.25, -0.2) is 13.6 Å². The lowest BCUT2D eigenvalue weighted by atomic mass is 10.2. The third-order valence-corrected chi connectivity index (χ3v) is 6.05. The largest absolute Gasteiger partial charge is 0.434 e. The highest BCUT2D eigenvalue weighted by Crippen LogP contribution is 2.41. The zero-order chi connectivity index (χ0) is 19.8. The molecule has 3 aromatic rings. The molecule has 1 amide bonds. The number of benzene rings is 2. The van der Waals surface area contributed by atoms with Gasteiger partial charge < -0.3 is 10.1 Å². The van der Waals surface area contributed by atoms with E-state index in [1.807, 2.05) is 0 Å². The van der Waals surface area contributed by atoms with Crippen molar-refractivity contribution >= 4 is 54.6 Å². The second-order valence-corrected chi connectivity index (χ2v) is 8.27. The minimum absolute atomic E-state index is 0.00935. The van der Waals surface area contributed by atoms with E-state index in [0.717, 1.165) is 11.3 Å². The zero-order valence-corrected chi connectivity index (χ0v) is 15.7. The lowest BCUT2D eigenvalue weighted by Crippen LogP contribution is -2.13. The molecule has 142 valence electrons. The molecule has 27 heavy (non-hydrogen) atoms. The lowest BCUT2D eigenvalue weighted by molar-refractivity contribution is -0.0487. The Labute approximate surface area is 161 Å². The number of ether oxygens (including phenoxy) is 1. The Bertz CT molecular complexity index is 1120. The summed E-state index contributed by atoms with van der Waals surface area (Å²) in [5.74, 6) is -0.701. The van der Waals surface area contributed by atoms with E-state index in [0.29, 0.717) is 10.4 Å². The monoisotopic (exact) mass is 432 g/mol. The van der Waals surface area contributed by atoms with Gasteiger partial charge in [-0.3, -0.25) is 4.79 Å². The van der Waals surface area contributed by atoms with Crippen LogP contribution in [0.25, 0.3) is 10.1 Å². The number of hydrogen-bond acceptors (Lipinski definition) is 5. The van der Waals surface area contributed by atoms with Crippen LogP contribution in [0.3, 0.4) is 0 Å². The molecule has 0 aliphatic heterocycles. The van der Waals surface area contributed by atoms with E-state index >= 15 is 0 Å². The van der Waals surface area contributed by atoms with E-state index < -0.39 is 22.5 Å². The van der Waals surface area contributed by atoms with Gasteiger partial charge in [0, 0.05) is 10.4 Å². The van der Waals surface area contributed by atoms with Gasteiger partial charge in [-0.1, -0.05) is 17.7 Å². The van der Waals surface area contributed by atoms with Crippen molar-refractivity contribution < 1.29 is 26.7 Å². The molecular weight excluding hydrogens is 422 g/mol. The minimum atomic E-state index is -3.85. The number of anilines is 1. The van der Waals surface area contributed by atoms with Crippen LogP contribution in [0.2, 0.25) is 5.02 Å². The van der Waals surface area contributed by atoms with Gasteiger partial charge in [0.25, 0.3) is 5.91 Å². The molecule has 0 atom stereocenters. The van der Waals surface area contributed by atoms with Gasteiger partial charge >= 0.3 is 6.61 Å². The zero-order valence-electron chi connectivity index (χ0n) is 13.3. The Morgan fingerprint density at radius 2 is 1.85 bits per heavy atom. The number of sulfonamides is 1. The number of carbonyl (C=O) groups is 1. The van der Waals surface area contributed by atoms with Gasteiger partial charge in [0.05, 0.1) is 15.3 Å². The Morgan fingerprint density at radius 3 is 2.44 bits per heavy atom. The molecule has 1 aromatic heterocycles. The fourth-order valence-electron chi connectivity index (χ4n) is 2.34. The molecule has 0 saturated heterocycles. The molecule has 11 heteroatoms. The maximum atomic E-state index is 12.6. The predicted octanol–water partition coefficient (Wildman–Crippen LogP) is 4.06.